The van der Waals surface area contributed by atoms with Crippen LogP contribution in [0.5, 0.6) is 11.5 Å². The molecule has 0 atom stereocenters. The van der Waals surface area contributed by atoms with Gasteiger partial charge >= 0.3 is 0 Å². The monoisotopic (exact) mass is 319 g/mol. The summed E-state index contributed by atoms with van der Waals surface area (Å²) < 4.78 is 10.7. The maximum absolute atomic E-state index is 5.46. The van der Waals surface area contributed by atoms with Crippen molar-refractivity contribution in [2.45, 2.75) is 6.92 Å². The summed E-state index contributed by atoms with van der Waals surface area (Å²) in [5, 5.41) is 4.15. The molecule has 0 aliphatic rings. The summed E-state index contributed by atoms with van der Waals surface area (Å²) in [7, 11) is 3.20. The molecule has 0 saturated heterocycles. The first kappa shape index (κ1) is 15.6. The van der Waals surface area contributed by atoms with E-state index in [1.807, 2.05) is 43.3 Å². The number of hydrogen-bond donors (Lipinski definition) is 1. The standard InChI is InChI=1S/C19H17N3O2/c1-5-13-7-6-8-14(9-13)22-19-15-10-17(23-3)18(24-4)11-16(15)20-12(2)21-19/h1,6-11H,2-4H3,(H,20,21,22). The van der Waals surface area contributed by atoms with E-state index < -0.39 is 0 Å². The van der Waals surface area contributed by atoms with Crippen molar-refractivity contribution in [1.82, 2.24) is 9.97 Å². The first-order chi connectivity index (χ1) is 11.6. The van der Waals surface area contributed by atoms with Crippen LogP contribution in [-0.4, -0.2) is 24.2 Å². The number of ether oxygens (including phenoxy) is 2. The van der Waals surface area contributed by atoms with Crippen molar-refractivity contribution < 1.29 is 9.47 Å². The minimum atomic E-state index is 0.623. The number of aryl methyl sites for hydroxylation is 1. The molecule has 0 aliphatic heterocycles. The Balaban J connectivity index is 2.14. The molecule has 24 heavy (non-hydrogen) atoms. The number of aromatic nitrogens is 2. The number of rotatable bonds is 4. The van der Waals surface area contributed by atoms with Crippen LogP contribution in [0.25, 0.3) is 10.9 Å². The van der Waals surface area contributed by atoms with E-state index in [2.05, 4.69) is 21.2 Å². The summed E-state index contributed by atoms with van der Waals surface area (Å²) in [4.78, 5) is 8.99. The zero-order valence-electron chi connectivity index (χ0n) is 13.8. The number of methoxy groups -OCH3 is 2. The van der Waals surface area contributed by atoms with Gasteiger partial charge in [-0.2, -0.15) is 0 Å². The number of fused-ring (bicyclic) bond motifs is 1. The molecule has 2 aromatic carbocycles. The molecule has 5 heteroatoms. The Labute approximate surface area is 140 Å². The largest absolute Gasteiger partial charge is 0.493 e. The van der Waals surface area contributed by atoms with Crippen LogP contribution >= 0.6 is 0 Å². The number of nitrogens with one attached hydrogen (secondary N) is 1. The van der Waals surface area contributed by atoms with E-state index in [0.29, 0.717) is 23.1 Å². The van der Waals surface area contributed by atoms with Gasteiger partial charge in [-0.05, 0) is 31.2 Å². The smallest absolute Gasteiger partial charge is 0.162 e. The summed E-state index contributed by atoms with van der Waals surface area (Å²) in [5.41, 5.74) is 2.43. The number of hydrogen-bond acceptors (Lipinski definition) is 5. The van der Waals surface area contributed by atoms with Gasteiger partial charge in [0.05, 0.1) is 19.7 Å². The Morgan fingerprint density at radius 3 is 2.50 bits per heavy atom. The molecule has 0 fully saturated rings. The third kappa shape index (κ3) is 2.95. The van der Waals surface area contributed by atoms with E-state index in [1.54, 1.807) is 14.2 Å². The lowest BCUT2D eigenvalue weighted by atomic mass is 10.2. The van der Waals surface area contributed by atoms with Gasteiger partial charge in [-0.1, -0.05) is 12.0 Å². The lowest BCUT2D eigenvalue weighted by molar-refractivity contribution is 0.356. The zero-order valence-corrected chi connectivity index (χ0v) is 13.8. The summed E-state index contributed by atoms with van der Waals surface area (Å²) in [6.45, 7) is 1.85. The molecule has 0 spiro atoms. The fraction of sp³-hybridized carbons (Fsp3) is 0.158. The molecule has 1 heterocycles. The van der Waals surface area contributed by atoms with Gasteiger partial charge < -0.3 is 14.8 Å². The van der Waals surface area contributed by atoms with Crippen LogP contribution in [-0.2, 0) is 0 Å². The number of terminal acetylenes is 1. The first-order valence-electron chi connectivity index (χ1n) is 7.38. The van der Waals surface area contributed by atoms with E-state index in [-0.39, 0.29) is 0 Å². The lowest BCUT2D eigenvalue weighted by Crippen LogP contribution is -2.00. The highest BCUT2D eigenvalue weighted by Crippen LogP contribution is 2.34. The Kier molecular flexibility index (Phi) is 4.21. The molecule has 120 valence electrons. The van der Waals surface area contributed by atoms with E-state index in [9.17, 15) is 0 Å². The highest BCUT2D eigenvalue weighted by Gasteiger charge is 2.12. The van der Waals surface area contributed by atoms with Crippen molar-refractivity contribution in [3.63, 3.8) is 0 Å². The fourth-order valence-corrected chi connectivity index (χ4v) is 2.49. The molecule has 0 saturated carbocycles. The van der Waals surface area contributed by atoms with Gasteiger partial charge in [0.25, 0.3) is 0 Å². The summed E-state index contributed by atoms with van der Waals surface area (Å²) in [5.74, 6) is 5.22. The summed E-state index contributed by atoms with van der Waals surface area (Å²) >= 11 is 0. The maximum Gasteiger partial charge on any atom is 0.162 e. The van der Waals surface area contributed by atoms with Gasteiger partial charge in [0.15, 0.2) is 11.5 Å². The van der Waals surface area contributed by atoms with Crippen molar-refractivity contribution in [2.24, 2.45) is 0 Å². The second kappa shape index (κ2) is 6.47. The predicted molar refractivity (Wildman–Crippen MR) is 95.0 cm³/mol. The Hall–Kier alpha value is -3.26. The first-order valence-corrected chi connectivity index (χ1v) is 7.38. The summed E-state index contributed by atoms with van der Waals surface area (Å²) in [6.07, 6.45) is 5.46. The van der Waals surface area contributed by atoms with E-state index in [0.717, 1.165) is 22.2 Å². The topological polar surface area (TPSA) is 56.3 Å². The van der Waals surface area contributed by atoms with Crippen LogP contribution in [0.3, 0.4) is 0 Å². The van der Waals surface area contributed by atoms with Crippen molar-refractivity contribution >= 4 is 22.4 Å². The molecule has 3 rings (SSSR count). The molecular formula is C19H17N3O2. The molecule has 0 bridgehead atoms. The number of anilines is 2. The second-order valence-corrected chi connectivity index (χ2v) is 5.19. The van der Waals surface area contributed by atoms with Crippen LogP contribution in [0.15, 0.2) is 36.4 Å². The van der Waals surface area contributed by atoms with Crippen LogP contribution in [0, 0.1) is 19.3 Å². The average Bonchev–Trinajstić information content (AvgIpc) is 2.60. The minimum Gasteiger partial charge on any atom is -0.493 e. The van der Waals surface area contributed by atoms with Crippen molar-refractivity contribution in [3.8, 4) is 23.8 Å². The fourth-order valence-electron chi connectivity index (χ4n) is 2.49. The van der Waals surface area contributed by atoms with Crippen molar-refractivity contribution in [3.05, 3.63) is 47.8 Å². The highest BCUT2D eigenvalue weighted by molar-refractivity contribution is 5.93. The molecule has 1 N–H and O–H groups in total. The van der Waals surface area contributed by atoms with Gasteiger partial charge in [0.2, 0.25) is 0 Å². The third-order valence-corrected chi connectivity index (χ3v) is 3.60. The maximum atomic E-state index is 5.46. The van der Waals surface area contributed by atoms with Gasteiger partial charge in [0, 0.05) is 22.7 Å². The van der Waals surface area contributed by atoms with E-state index in [1.165, 1.54) is 0 Å². The third-order valence-electron chi connectivity index (χ3n) is 3.60. The molecular weight excluding hydrogens is 302 g/mol. The van der Waals surface area contributed by atoms with Gasteiger partial charge in [-0.25, -0.2) is 9.97 Å². The van der Waals surface area contributed by atoms with Crippen LogP contribution in [0.1, 0.15) is 11.4 Å². The van der Waals surface area contributed by atoms with Crippen LogP contribution in [0.4, 0.5) is 11.5 Å². The van der Waals surface area contributed by atoms with Gasteiger partial charge in [-0.3, -0.25) is 0 Å². The molecule has 0 unspecified atom stereocenters. The predicted octanol–water partition coefficient (Wildman–Crippen LogP) is 3.68. The average molecular weight is 319 g/mol. The van der Waals surface area contributed by atoms with E-state index >= 15 is 0 Å². The normalized spacial score (nSPS) is 10.2. The zero-order chi connectivity index (χ0) is 17.1. The number of benzene rings is 2. The van der Waals surface area contributed by atoms with Gasteiger partial charge in [-0.15, -0.1) is 6.42 Å². The van der Waals surface area contributed by atoms with Crippen LogP contribution < -0.4 is 14.8 Å². The molecule has 0 aliphatic carbocycles. The summed E-state index contributed by atoms with van der Waals surface area (Å²) in [6, 6.07) is 11.3. The number of nitrogens with zero attached hydrogens (tertiary/aromatic N) is 2. The lowest BCUT2D eigenvalue weighted by Gasteiger charge is -2.13. The second-order valence-electron chi connectivity index (χ2n) is 5.19. The molecule has 0 amide bonds. The minimum absolute atomic E-state index is 0.623. The Morgan fingerprint density at radius 1 is 1.04 bits per heavy atom. The molecule has 0 radical (unpaired) electrons. The quantitative estimate of drug-likeness (QED) is 0.743. The van der Waals surface area contributed by atoms with Crippen LogP contribution in [0.2, 0.25) is 0 Å². The highest BCUT2D eigenvalue weighted by atomic mass is 16.5. The SMILES string of the molecule is C#Cc1cccc(Nc2nc(C)nc3cc(OC)c(OC)cc23)c1. The van der Waals surface area contributed by atoms with Crippen molar-refractivity contribution in [1.29, 1.82) is 0 Å². The van der Waals surface area contributed by atoms with Gasteiger partial charge in [0.1, 0.15) is 11.6 Å². The Bertz CT molecular complexity index is 945. The molecule has 3 aromatic rings. The Morgan fingerprint density at radius 2 is 1.79 bits per heavy atom. The van der Waals surface area contributed by atoms with E-state index in [4.69, 9.17) is 15.9 Å². The molecule has 1 aromatic heterocycles. The molecule has 5 nitrogen and oxygen atoms in total. The van der Waals surface area contributed by atoms with Crippen molar-refractivity contribution in [2.75, 3.05) is 19.5 Å².